The number of benzene rings is 1. The molecule has 122 valence electrons. The molecule has 0 spiro atoms. The van der Waals surface area contributed by atoms with Crippen LogP contribution < -0.4 is 5.32 Å². The predicted molar refractivity (Wildman–Crippen MR) is 82.7 cm³/mol. The van der Waals surface area contributed by atoms with Crippen molar-refractivity contribution in [2.24, 2.45) is 0 Å². The van der Waals surface area contributed by atoms with Gasteiger partial charge in [-0.2, -0.15) is 4.31 Å². The fourth-order valence-electron chi connectivity index (χ4n) is 2.21. The molecular weight excluding hydrogens is 320 g/mol. The predicted octanol–water partition coefficient (Wildman–Crippen LogP) is 1.55. The summed E-state index contributed by atoms with van der Waals surface area (Å²) < 4.78 is 36.5. The Labute approximate surface area is 133 Å². The molecule has 1 aromatic carbocycles. The van der Waals surface area contributed by atoms with Crippen LogP contribution in [0, 0.1) is 0 Å². The Morgan fingerprint density at radius 3 is 2.43 bits per heavy atom. The Balaban J connectivity index is 1.76. The molecular formula is C15H16N2O5S. The number of hydrogen-bond donors (Lipinski definition) is 1. The molecule has 0 saturated carbocycles. The standard InChI is InChI=1S/C15H16N2O5S/c18-15(16-12-4-2-1-3-5-12)13-6-7-14(22-13)23(19,20)17-8-10-21-11-9-17/h1-7H,8-11H2,(H,16,18). The highest BCUT2D eigenvalue weighted by atomic mass is 32.2. The number of furan rings is 1. The second kappa shape index (κ2) is 6.53. The highest BCUT2D eigenvalue weighted by Crippen LogP contribution is 2.20. The molecule has 1 N–H and O–H groups in total. The summed E-state index contributed by atoms with van der Waals surface area (Å²) in [5.41, 5.74) is 0.603. The quantitative estimate of drug-likeness (QED) is 0.915. The number of rotatable bonds is 4. The minimum Gasteiger partial charge on any atom is -0.438 e. The van der Waals surface area contributed by atoms with Crippen LogP contribution in [0.4, 0.5) is 5.69 Å². The monoisotopic (exact) mass is 336 g/mol. The third kappa shape index (κ3) is 3.44. The number of nitrogens with one attached hydrogen (secondary N) is 1. The molecule has 23 heavy (non-hydrogen) atoms. The summed E-state index contributed by atoms with van der Waals surface area (Å²) in [7, 11) is -3.74. The molecule has 1 saturated heterocycles. The maximum atomic E-state index is 12.4. The number of ether oxygens (including phenoxy) is 1. The molecule has 0 unspecified atom stereocenters. The minimum atomic E-state index is -3.74. The lowest BCUT2D eigenvalue weighted by Crippen LogP contribution is -2.40. The van der Waals surface area contributed by atoms with Gasteiger partial charge in [0.2, 0.25) is 5.09 Å². The van der Waals surface area contributed by atoms with E-state index in [4.69, 9.17) is 9.15 Å². The molecule has 1 aromatic heterocycles. The molecule has 0 aliphatic carbocycles. The highest BCUT2D eigenvalue weighted by molar-refractivity contribution is 7.89. The number of morpholine rings is 1. The van der Waals surface area contributed by atoms with Crippen molar-refractivity contribution >= 4 is 21.6 Å². The molecule has 2 aromatic rings. The van der Waals surface area contributed by atoms with Gasteiger partial charge in [-0.3, -0.25) is 4.79 Å². The van der Waals surface area contributed by atoms with Crippen molar-refractivity contribution in [3.63, 3.8) is 0 Å². The number of para-hydroxylation sites is 1. The van der Waals surface area contributed by atoms with Gasteiger partial charge in [0.1, 0.15) is 0 Å². The molecule has 7 nitrogen and oxygen atoms in total. The zero-order valence-corrected chi connectivity index (χ0v) is 13.1. The van der Waals surface area contributed by atoms with Gasteiger partial charge in [0.05, 0.1) is 13.2 Å². The maximum absolute atomic E-state index is 12.4. The van der Waals surface area contributed by atoms with Gasteiger partial charge in [0.25, 0.3) is 15.9 Å². The summed E-state index contributed by atoms with van der Waals surface area (Å²) in [5.74, 6) is -0.555. The zero-order chi connectivity index (χ0) is 16.3. The van der Waals surface area contributed by atoms with E-state index < -0.39 is 15.9 Å². The van der Waals surface area contributed by atoms with E-state index in [1.54, 1.807) is 24.3 Å². The van der Waals surface area contributed by atoms with Crippen LogP contribution >= 0.6 is 0 Å². The molecule has 0 radical (unpaired) electrons. The van der Waals surface area contributed by atoms with Crippen LogP contribution in [0.3, 0.4) is 0 Å². The van der Waals surface area contributed by atoms with Crippen molar-refractivity contribution in [1.29, 1.82) is 0 Å². The molecule has 2 heterocycles. The summed E-state index contributed by atoms with van der Waals surface area (Å²) in [6.45, 7) is 1.24. The first kappa shape index (κ1) is 15.7. The number of sulfonamides is 1. The van der Waals surface area contributed by atoms with Gasteiger partial charge in [-0.05, 0) is 24.3 Å². The molecule has 1 aliphatic heterocycles. The van der Waals surface area contributed by atoms with Gasteiger partial charge in [-0.1, -0.05) is 18.2 Å². The fraction of sp³-hybridized carbons (Fsp3) is 0.267. The molecule has 1 amide bonds. The zero-order valence-electron chi connectivity index (χ0n) is 12.3. The van der Waals surface area contributed by atoms with E-state index in [9.17, 15) is 13.2 Å². The van der Waals surface area contributed by atoms with Gasteiger partial charge >= 0.3 is 0 Å². The van der Waals surface area contributed by atoms with Crippen molar-refractivity contribution in [1.82, 2.24) is 4.31 Å². The topological polar surface area (TPSA) is 88.9 Å². The Morgan fingerprint density at radius 2 is 1.74 bits per heavy atom. The van der Waals surface area contributed by atoms with E-state index >= 15 is 0 Å². The average molecular weight is 336 g/mol. The number of carbonyl (C=O) groups is 1. The van der Waals surface area contributed by atoms with Crippen molar-refractivity contribution in [2.45, 2.75) is 5.09 Å². The molecule has 3 rings (SSSR count). The normalized spacial score (nSPS) is 16.2. The summed E-state index contributed by atoms with van der Waals surface area (Å²) in [5, 5.41) is 2.40. The maximum Gasteiger partial charge on any atom is 0.291 e. The van der Waals surface area contributed by atoms with Gasteiger partial charge in [0.15, 0.2) is 5.76 Å². The minimum absolute atomic E-state index is 0.0549. The van der Waals surface area contributed by atoms with Crippen LogP contribution in [-0.4, -0.2) is 44.9 Å². The lowest BCUT2D eigenvalue weighted by atomic mass is 10.3. The fourth-order valence-corrected chi connectivity index (χ4v) is 3.53. The van der Waals surface area contributed by atoms with E-state index in [2.05, 4.69) is 5.32 Å². The lowest BCUT2D eigenvalue weighted by Gasteiger charge is -2.24. The van der Waals surface area contributed by atoms with E-state index in [-0.39, 0.29) is 23.9 Å². The van der Waals surface area contributed by atoms with Crippen molar-refractivity contribution in [3.05, 3.63) is 48.2 Å². The third-order valence-electron chi connectivity index (χ3n) is 3.40. The molecule has 1 fully saturated rings. The first-order chi connectivity index (χ1) is 11.1. The first-order valence-corrected chi connectivity index (χ1v) is 8.55. The van der Waals surface area contributed by atoms with Gasteiger partial charge < -0.3 is 14.5 Å². The Bertz CT molecular complexity index is 779. The van der Waals surface area contributed by atoms with Crippen LogP contribution in [0.5, 0.6) is 0 Å². The molecule has 1 aliphatic rings. The van der Waals surface area contributed by atoms with Gasteiger partial charge in [0, 0.05) is 18.8 Å². The molecule has 0 atom stereocenters. The van der Waals surface area contributed by atoms with Crippen LogP contribution in [0.25, 0.3) is 0 Å². The highest BCUT2D eigenvalue weighted by Gasteiger charge is 2.30. The van der Waals surface area contributed by atoms with Crippen LogP contribution in [0.2, 0.25) is 0 Å². The number of nitrogens with zero attached hydrogens (tertiary/aromatic N) is 1. The second-order valence-electron chi connectivity index (χ2n) is 4.96. The number of anilines is 1. The van der Waals surface area contributed by atoms with E-state index in [0.29, 0.717) is 18.9 Å². The van der Waals surface area contributed by atoms with Gasteiger partial charge in [-0.25, -0.2) is 8.42 Å². The smallest absolute Gasteiger partial charge is 0.291 e. The van der Waals surface area contributed by atoms with Crippen LogP contribution in [0.1, 0.15) is 10.6 Å². The van der Waals surface area contributed by atoms with Crippen molar-refractivity contribution in [2.75, 3.05) is 31.6 Å². The summed E-state index contributed by atoms with van der Waals surface area (Å²) in [4.78, 5) is 12.1. The van der Waals surface area contributed by atoms with Crippen molar-refractivity contribution < 1.29 is 22.4 Å². The molecule has 8 heteroatoms. The Kier molecular flexibility index (Phi) is 4.46. The number of amides is 1. The lowest BCUT2D eigenvalue weighted by molar-refractivity contribution is 0.0723. The summed E-state index contributed by atoms with van der Waals surface area (Å²) >= 11 is 0. The van der Waals surface area contributed by atoms with Crippen molar-refractivity contribution in [3.8, 4) is 0 Å². The first-order valence-electron chi connectivity index (χ1n) is 7.11. The Hall–Kier alpha value is -2.16. The van der Waals surface area contributed by atoms with Gasteiger partial charge in [-0.15, -0.1) is 0 Å². The average Bonchev–Trinajstić information content (AvgIpc) is 3.07. The van der Waals surface area contributed by atoms with E-state index in [0.717, 1.165) is 0 Å². The number of carbonyl (C=O) groups excluding carboxylic acids is 1. The SMILES string of the molecule is O=C(Nc1ccccc1)c1ccc(S(=O)(=O)N2CCOCC2)o1. The number of hydrogen-bond acceptors (Lipinski definition) is 5. The van der Waals surface area contributed by atoms with Crippen LogP contribution in [0.15, 0.2) is 52.0 Å². The Morgan fingerprint density at radius 1 is 1.04 bits per heavy atom. The van der Waals surface area contributed by atoms with E-state index in [1.807, 2.05) is 6.07 Å². The summed E-state index contributed by atoms with van der Waals surface area (Å²) in [6.07, 6.45) is 0. The second-order valence-corrected chi connectivity index (χ2v) is 6.82. The largest absolute Gasteiger partial charge is 0.438 e. The van der Waals surface area contributed by atoms with E-state index in [1.165, 1.54) is 16.4 Å². The summed E-state index contributed by atoms with van der Waals surface area (Å²) in [6, 6.07) is 11.5. The molecule has 0 bridgehead atoms. The van der Waals surface area contributed by atoms with Crippen LogP contribution in [-0.2, 0) is 14.8 Å². The third-order valence-corrected chi connectivity index (χ3v) is 5.17.